The minimum Gasteiger partial charge on any atom is -0.399 e. The first-order valence-corrected chi connectivity index (χ1v) is 7.00. The summed E-state index contributed by atoms with van der Waals surface area (Å²) >= 11 is 0. The zero-order chi connectivity index (χ0) is 13.9. The normalized spacial score (nSPS) is 20.7. The van der Waals surface area contributed by atoms with E-state index in [1.165, 1.54) is 13.8 Å². The van der Waals surface area contributed by atoms with E-state index in [0.29, 0.717) is 16.9 Å². The van der Waals surface area contributed by atoms with Crippen molar-refractivity contribution in [3.05, 3.63) is 23.3 Å². The Labute approximate surface area is 107 Å². The van der Waals surface area contributed by atoms with Gasteiger partial charge in [0.1, 0.15) is 0 Å². The predicted molar refractivity (Wildman–Crippen MR) is 70.8 cm³/mol. The first kappa shape index (κ1) is 12.9. The summed E-state index contributed by atoms with van der Waals surface area (Å²) in [6.45, 7) is 6.35. The van der Waals surface area contributed by atoms with Crippen LogP contribution in [0.15, 0.2) is 12.1 Å². The van der Waals surface area contributed by atoms with Crippen LogP contribution in [-0.4, -0.2) is 19.1 Å². The Morgan fingerprint density at radius 2 is 1.72 bits per heavy atom. The summed E-state index contributed by atoms with van der Waals surface area (Å²) in [6, 6.07) is 3.31. The summed E-state index contributed by atoms with van der Waals surface area (Å²) in [5.41, 5.74) is 8.16. The third-order valence-electron chi connectivity index (χ3n) is 3.39. The van der Waals surface area contributed by atoms with E-state index in [9.17, 15) is 13.2 Å². The van der Waals surface area contributed by atoms with Crippen LogP contribution in [0.3, 0.4) is 0 Å². The molecule has 98 valence electrons. The van der Waals surface area contributed by atoms with Gasteiger partial charge in [0.05, 0.1) is 5.69 Å². The largest absolute Gasteiger partial charge is 0.399 e. The molecule has 0 bridgehead atoms. The van der Waals surface area contributed by atoms with E-state index in [4.69, 9.17) is 5.73 Å². The number of nitrogens with zero attached hydrogens (tertiary/aromatic N) is 1. The molecule has 5 nitrogen and oxygen atoms in total. The highest BCUT2D eigenvalue weighted by molar-refractivity contribution is 7.98. The highest BCUT2D eigenvalue weighted by Gasteiger charge is 2.61. The van der Waals surface area contributed by atoms with Crippen LogP contribution in [0.25, 0.3) is 0 Å². The fourth-order valence-electron chi connectivity index (χ4n) is 1.93. The van der Waals surface area contributed by atoms with Crippen molar-refractivity contribution in [1.29, 1.82) is 0 Å². The van der Waals surface area contributed by atoms with Crippen molar-refractivity contribution in [2.45, 2.75) is 32.4 Å². The Bertz CT molecular complexity index is 648. The Hall–Kier alpha value is -1.56. The lowest BCUT2D eigenvalue weighted by atomic mass is 10.1. The summed E-state index contributed by atoms with van der Waals surface area (Å²) in [4.78, 5) is 12.0. The number of rotatable bonds is 1. The van der Waals surface area contributed by atoms with Gasteiger partial charge in [0, 0.05) is 5.69 Å². The number of hydrogen-bond acceptors (Lipinski definition) is 4. The van der Waals surface area contributed by atoms with E-state index in [-0.39, 0.29) is 0 Å². The second-order valence-electron chi connectivity index (χ2n) is 5.08. The van der Waals surface area contributed by atoms with Gasteiger partial charge in [-0.25, -0.2) is 12.7 Å². The van der Waals surface area contributed by atoms with E-state index >= 15 is 0 Å². The lowest BCUT2D eigenvalue weighted by molar-refractivity contribution is -0.120. The number of aryl methyl sites for hydroxylation is 2. The number of nitrogen functional groups attached to an aromatic ring is 1. The maximum Gasteiger partial charge on any atom is 0.263 e. The van der Waals surface area contributed by atoms with Crippen LogP contribution in [0.4, 0.5) is 11.4 Å². The molecular weight excluding hydrogens is 252 g/mol. The maximum absolute atomic E-state index is 12.1. The second kappa shape index (κ2) is 3.47. The van der Waals surface area contributed by atoms with Crippen molar-refractivity contribution in [1.82, 2.24) is 0 Å². The third-order valence-corrected chi connectivity index (χ3v) is 5.70. The van der Waals surface area contributed by atoms with E-state index in [2.05, 4.69) is 0 Å². The van der Waals surface area contributed by atoms with Gasteiger partial charge < -0.3 is 5.73 Å². The van der Waals surface area contributed by atoms with Gasteiger partial charge in [0.25, 0.3) is 15.9 Å². The Kier molecular flexibility index (Phi) is 2.49. The standard InChI is InChI=1S/C12H16N2O3S/c1-7-6-10(8(2)5-9(7)13)14-11(15)12(3,4)18(14,16)17/h5-6H,13H2,1-4H3. The maximum atomic E-state index is 12.1. The molecular formula is C12H16N2O3S. The molecule has 6 heteroatoms. The van der Waals surface area contributed by atoms with Crippen LogP contribution < -0.4 is 10.0 Å². The number of hydrogen-bond donors (Lipinski definition) is 1. The van der Waals surface area contributed by atoms with Gasteiger partial charge in [0.2, 0.25) is 0 Å². The molecule has 1 aliphatic heterocycles. The summed E-state index contributed by atoms with van der Waals surface area (Å²) in [5.74, 6) is -0.408. The molecule has 1 saturated heterocycles. The van der Waals surface area contributed by atoms with Crippen molar-refractivity contribution in [3.8, 4) is 0 Å². The van der Waals surface area contributed by atoms with Gasteiger partial charge >= 0.3 is 0 Å². The molecule has 0 atom stereocenters. The molecule has 0 aromatic heterocycles. The van der Waals surface area contributed by atoms with Crippen LogP contribution >= 0.6 is 0 Å². The lowest BCUT2D eigenvalue weighted by Gasteiger charge is -2.43. The number of sulfonamides is 1. The zero-order valence-corrected chi connectivity index (χ0v) is 11.6. The number of carbonyl (C=O) groups is 1. The second-order valence-corrected chi connectivity index (χ2v) is 7.42. The van der Waals surface area contributed by atoms with Crippen molar-refractivity contribution in [2.24, 2.45) is 0 Å². The fourth-order valence-corrected chi connectivity index (χ4v) is 3.47. The summed E-state index contributed by atoms with van der Waals surface area (Å²) in [7, 11) is -3.61. The van der Waals surface area contributed by atoms with E-state index < -0.39 is 20.7 Å². The Balaban J connectivity index is 2.60. The van der Waals surface area contributed by atoms with Crippen molar-refractivity contribution in [3.63, 3.8) is 0 Å². The summed E-state index contributed by atoms with van der Waals surface area (Å²) < 4.78 is 23.7. The predicted octanol–water partition coefficient (Wildman–Crippen LogP) is 1.34. The van der Waals surface area contributed by atoms with Crippen molar-refractivity contribution in [2.75, 3.05) is 10.0 Å². The molecule has 0 aliphatic carbocycles. The monoisotopic (exact) mass is 268 g/mol. The molecule has 0 unspecified atom stereocenters. The average molecular weight is 268 g/mol. The number of amides is 1. The zero-order valence-electron chi connectivity index (χ0n) is 10.8. The summed E-state index contributed by atoms with van der Waals surface area (Å²) in [6.07, 6.45) is 0. The van der Waals surface area contributed by atoms with Gasteiger partial charge in [0.15, 0.2) is 4.75 Å². The molecule has 18 heavy (non-hydrogen) atoms. The molecule has 2 rings (SSSR count). The van der Waals surface area contributed by atoms with Crippen molar-refractivity contribution < 1.29 is 13.2 Å². The Morgan fingerprint density at radius 3 is 2.22 bits per heavy atom. The highest BCUT2D eigenvalue weighted by atomic mass is 32.2. The Morgan fingerprint density at radius 1 is 1.17 bits per heavy atom. The molecule has 1 amide bonds. The fraction of sp³-hybridized carbons (Fsp3) is 0.417. The van der Waals surface area contributed by atoms with E-state index in [1.54, 1.807) is 26.0 Å². The number of anilines is 2. The average Bonchev–Trinajstić information content (AvgIpc) is 2.25. The van der Waals surface area contributed by atoms with Gasteiger partial charge in [-0.1, -0.05) is 0 Å². The SMILES string of the molecule is Cc1cc(N2C(=O)C(C)(C)S2(=O)=O)c(C)cc1N. The quantitative estimate of drug-likeness (QED) is 0.779. The number of nitrogens with two attached hydrogens (primary N) is 1. The van der Waals surface area contributed by atoms with Crippen LogP contribution in [0.5, 0.6) is 0 Å². The van der Waals surface area contributed by atoms with Gasteiger partial charge in [-0.05, 0) is 51.0 Å². The summed E-state index contributed by atoms with van der Waals surface area (Å²) in [5, 5.41) is 0. The molecule has 0 radical (unpaired) electrons. The van der Waals surface area contributed by atoms with Gasteiger partial charge in [-0.15, -0.1) is 0 Å². The number of benzene rings is 1. The first-order valence-electron chi connectivity index (χ1n) is 5.56. The van der Waals surface area contributed by atoms with Crippen LogP contribution in [-0.2, 0) is 14.8 Å². The highest BCUT2D eigenvalue weighted by Crippen LogP contribution is 2.41. The molecule has 2 N–H and O–H groups in total. The van der Waals surface area contributed by atoms with Gasteiger partial charge in [-0.2, -0.15) is 0 Å². The minimum absolute atomic E-state index is 0.394. The number of carbonyl (C=O) groups excluding carboxylic acids is 1. The molecule has 1 aromatic rings. The van der Waals surface area contributed by atoms with E-state index in [1.807, 2.05) is 0 Å². The van der Waals surface area contributed by atoms with Crippen LogP contribution in [0.2, 0.25) is 0 Å². The molecule has 1 fully saturated rings. The third kappa shape index (κ3) is 1.38. The lowest BCUT2D eigenvalue weighted by Crippen LogP contribution is -2.67. The van der Waals surface area contributed by atoms with Crippen LogP contribution in [0.1, 0.15) is 25.0 Å². The van der Waals surface area contributed by atoms with E-state index in [0.717, 1.165) is 9.87 Å². The molecule has 1 aliphatic rings. The van der Waals surface area contributed by atoms with Crippen molar-refractivity contribution >= 4 is 27.3 Å². The van der Waals surface area contributed by atoms with Crippen LogP contribution in [0, 0.1) is 13.8 Å². The molecule has 0 spiro atoms. The smallest absolute Gasteiger partial charge is 0.263 e. The topological polar surface area (TPSA) is 80.5 Å². The van der Waals surface area contributed by atoms with Gasteiger partial charge in [-0.3, -0.25) is 4.79 Å². The molecule has 1 aromatic carbocycles. The minimum atomic E-state index is -3.61. The first-order chi connectivity index (χ1) is 8.10. The molecule has 0 saturated carbocycles. The molecule has 1 heterocycles.